The van der Waals surface area contributed by atoms with Gasteiger partial charge in [0.25, 0.3) is 5.91 Å². The number of carbonyl (C=O) groups excluding carboxylic acids is 2. The summed E-state index contributed by atoms with van der Waals surface area (Å²) in [5.41, 5.74) is 1.09. The third-order valence-electron chi connectivity index (χ3n) is 11.2. The second-order valence-corrected chi connectivity index (χ2v) is 14.2. The standard InChI is InChI=1S/C33H49N3O6/c1-8-33(41)16-13-25-23-10-9-21-17-22(11-14-31(21,6)24(23)12-15-32(25,33)7)36-42-18-26(37)34-27(19(2)3)29(38)35-28(20(4)5)30(39)40/h1,17,19-20,23-25,27-28,41H,9-16,18H2,2-7H3,(H,34,37)(H,35,38)(H,39,40)/b36-22+/t23?,24?,25?,27?,28?,31-,32-,33+/m0/s1. The first-order valence-corrected chi connectivity index (χ1v) is 15.6. The van der Waals surface area contributed by atoms with Crippen molar-refractivity contribution in [3.8, 4) is 12.3 Å². The van der Waals surface area contributed by atoms with Crippen molar-refractivity contribution in [3.05, 3.63) is 11.6 Å². The van der Waals surface area contributed by atoms with Gasteiger partial charge in [0.15, 0.2) is 6.61 Å². The van der Waals surface area contributed by atoms with Gasteiger partial charge in [-0.15, -0.1) is 6.42 Å². The average Bonchev–Trinajstić information content (AvgIpc) is 3.20. The Labute approximate surface area is 250 Å². The fourth-order valence-corrected chi connectivity index (χ4v) is 8.58. The van der Waals surface area contributed by atoms with E-state index in [-0.39, 0.29) is 29.3 Å². The zero-order chi connectivity index (χ0) is 31.0. The Morgan fingerprint density at radius 1 is 1.02 bits per heavy atom. The van der Waals surface area contributed by atoms with Crippen LogP contribution in [0.1, 0.15) is 92.9 Å². The Balaban J connectivity index is 1.36. The molecule has 0 aromatic carbocycles. The van der Waals surface area contributed by atoms with Crippen LogP contribution in [0.15, 0.2) is 16.8 Å². The molecule has 3 fully saturated rings. The van der Waals surface area contributed by atoms with Crippen molar-refractivity contribution >= 4 is 23.5 Å². The molecule has 42 heavy (non-hydrogen) atoms. The molecule has 4 rings (SSSR count). The normalized spacial score (nSPS) is 36.1. The second-order valence-electron chi connectivity index (χ2n) is 14.2. The van der Waals surface area contributed by atoms with E-state index in [1.807, 2.05) is 0 Å². The molecule has 0 bridgehead atoms. The van der Waals surface area contributed by atoms with Crippen LogP contribution in [-0.2, 0) is 19.2 Å². The molecule has 9 nitrogen and oxygen atoms in total. The summed E-state index contributed by atoms with van der Waals surface area (Å²) >= 11 is 0. The summed E-state index contributed by atoms with van der Waals surface area (Å²) in [5.74, 6) is 1.62. The Morgan fingerprint density at radius 2 is 1.69 bits per heavy atom. The van der Waals surface area contributed by atoms with Crippen LogP contribution in [0.4, 0.5) is 0 Å². The van der Waals surface area contributed by atoms with Gasteiger partial charge in [0, 0.05) is 5.41 Å². The minimum atomic E-state index is -1.12. The lowest BCUT2D eigenvalue weighted by atomic mass is 9.46. The molecule has 4 aliphatic carbocycles. The first-order valence-electron chi connectivity index (χ1n) is 15.6. The van der Waals surface area contributed by atoms with Gasteiger partial charge in [0.2, 0.25) is 5.91 Å². The van der Waals surface area contributed by atoms with Gasteiger partial charge in [-0.2, -0.15) is 0 Å². The number of hydrogen-bond donors (Lipinski definition) is 4. The molecule has 4 aliphatic rings. The molecule has 3 saturated carbocycles. The van der Waals surface area contributed by atoms with Gasteiger partial charge in [-0.1, -0.05) is 58.2 Å². The number of aliphatic carboxylic acids is 1. The number of rotatable bonds is 9. The van der Waals surface area contributed by atoms with E-state index in [0.717, 1.165) is 50.7 Å². The summed E-state index contributed by atoms with van der Waals surface area (Å²) in [4.78, 5) is 42.3. The van der Waals surface area contributed by atoms with Crippen molar-refractivity contribution < 1.29 is 29.4 Å². The van der Waals surface area contributed by atoms with Crippen LogP contribution in [0.25, 0.3) is 0 Å². The first kappa shape index (κ1) is 32.1. The maximum atomic E-state index is 12.8. The van der Waals surface area contributed by atoms with Gasteiger partial charge in [-0.3, -0.25) is 9.59 Å². The monoisotopic (exact) mass is 583 g/mol. The van der Waals surface area contributed by atoms with Crippen molar-refractivity contribution in [2.75, 3.05) is 6.61 Å². The summed E-state index contributed by atoms with van der Waals surface area (Å²) in [7, 11) is 0. The minimum Gasteiger partial charge on any atom is -0.480 e. The number of hydrogen-bond acceptors (Lipinski definition) is 6. The molecule has 9 heteroatoms. The van der Waals surface area contributed by atoms with Crippen LogP contribution in [-0.4, -0.2) is 58.0 Å². The number of aliphatic hydroxyl groups is 1. The highest BCUT2D eigenvalue weighted by Gasteiger charge is 2.63. The average molecular weight is 584 g/mol. The number of amides is 2. The van der Waals surface area contributed by atoms with E-state index in [1.54, 1.807) is 27.7 Å². The number of nitrogens with one attached hydrogen (secondary N) is 2. The Bertz CT molecular complexity index is 1190. The molecule has 4 N–H and O–H groups in total. The van der Waals surface area contributed by atoms with E-state index < -0.39 is 35.5 Å². The van der Waals surface area contributed by atoms with Crippen molar-refractivity contribution in [3.63, 3.8) is 0 Å². The van der Waals surface area contributed by atoms with Gasteiger partial charge in [-0.05, 0) is 92.4 Å². The topological polar surface area (TPSA) is 137 Å². The summed E-state index contributed by atoms with van der Waals surface area (Å²) in [5, 5.41) is 30.1. The maximum absolute atomic E-state index is 12.8. The largest absolute Gasteiger partial charge is 0.480 e. The summed E-state index contributed by atoms with van der Waals surface area (Å²) in [6.45, 7) is 11.3. The number of carboxylic acids is 1. The zero-order valence-electron chi connectivity index (χ0n) is 26.0. The Hall–Kier alpha value is -2.86. The number of terminal acetylenes is 1. The SMILES string of the molecule is C#C[C@@]1(O)CCC2C3CCC4=C/C(=N/OCC(=O)NC(C(=O)NC(C(=O)O)C(C)C)C(C)C)CC[C@]4(C)C3CC[C@@]21C. The predicted molar refractivity (Wildman–Crippen MR) is 160 cm³/mol. The molecule has 2 amide bonds. The fourth-order valence-electron chi connectivity index (χ4n) is 8.58. The molecule has 232 valence electrons. The minimum absolute atomic E-state index is 0.0825. The molecule has 0 saturated heterocycles. The molecule has 0 aromatic rings. The van der Waals surface area contributed by atoms with Crippen LogP contribution in [0, 0.1) is 52.8 Å². The summed E-state index contributed by atoms with van der Waals surface area (Å²) < 4.78 is 0. The predicted octanol–water partition coefficient (Wildman–Crippen LogP) is 4.05. The molecular weight excluding hydrogens is 534 g/mol. The van der Waals surface area contributed by atoms with E-state index in [2.05, 4.69) is 41.6 Å². The maximum Gasteiger partial charge on any atom is 0.326 e. The number of carbonyl (C=O) groups is 3. The van der Waals surface area contributed by atoms with Crippen molar-refractivity contribution in [1.82, 2.24) is 10.6 Å². The smallest absolute Gasteiger partial charge is 0.326 e. The van der Waals surface area contributed by atoms with Crippen LogP contribution < -0.4 is 10.6 Å². The number of allylic oxidation sites excluding steroid dienone is 2. The quantitative estimate of drug-likeness (QED) is 0.239. The number of oxime groups is 1. The van der Waals surface area contributed by atoms with E-state index >= 15 is 0 Å². The third-order valence-corrected chi connectivity index (χ3v) is 11.2. The van der Waals surface area contributed by atoms with E-state index in [4.69, 9.17) is 11.3 Å². The van der Waals surface area contributed by atoms with Gasteiger partial charge < -0.3 is 25.7 Å². The molecule has 0 spiro atoms. The molecule has 0 aromatic heterocycles. The molecule has 5 unspecified atom stereocenters. The molecule has 0 radical (unpaired) electrons. The van der Waals surface area contributed by atoms with Crippen LogP contribution in [0.2, 0.25) is 0 Å². The second kappa shape index (κ2) is 12.0. The first-order chi connectivity index (χ1) is 19.7. The highest BCUT2D eigenvalue weighted by molar-refractivity contribution is 5.96. The van der Waals surface area contributed by atoms with Gasteiger partial charge in [-0.25, -0.2) is 4.79 Å². The zero-order valence-corrected chi connectivity index (χ0v) is 26.0. The van der Waals surface area contributed by atoms with Gasteiger partial charge in [0.1, 0.15) is 17.7 Å². The van der Waals surface area contributed by atoms with Crippen LogP contribution in [0.3, 0.4) is 0 Å². The van der Waals surface area contributed by atoms with Crippen molar-refractivity contribution in [1.29, 1.82) is 0 Å². The lowest BCUT2D eigenvalue weighted by Gasteiger charge is -2.58. The lowest BCUT2D eigenvalue weighted by Crippen LogP contribution is -2.55. The van der Waals surface area contributed by atoms with Gasteiger partial charge in [0.05, 0.1) is 5.71 Å². The summed E-state index contributed by atoms with van der Waals surface area (Å²) in [6.07, 6.45) is 15.5. The molecule has 0 heterocycles. The summed E-state index contributed by atoms with van der Waals surface area (Å²) in [6, 6.07) is -1.93. The molecular formula is C33H49N3O6. The molecule has 8 atom stereocenters. The van der Waals surface area contributed by atoms with Crippen LogP contribution >= 0.6 is 0 Å². The Kier molecular flexibility index (Phi) is 9.18. The van der Waals surface area contributed by atoms with Crippen molar-refractivity contribution in [2.24, 2.45) is 45.6 Å². The fraction of sp³-hybridized carbons (Fsp3) is 0.758. The Morgan fingerprint density at radius 3 is 2.31 bits per heavy atom. The van der Waals surface area contributed by atoms with Gasteiger partial charge >= 0.3 is 5.97 Å². The number of nitrogens with zero attached hydrogens (tertiary/aromatic N) is 1. The molecule has 0 aliphatic heterocycles. The van der Waals surface area contributed by atoms with E-state index in [1.165, 1.54) is 5.57 Å². The highest BCUT2D eigenvalue weighted by atomic mass is 16.6. The van der Waals surface area contributed by atoms with E-state index in [0.29, 0.717) is 24.2 Å². The highest BCUT2D eigenvalue weighted by Crippen LogP contribution is 2.67. The lowest BCUT2D eigenvalue weighted by molar-refractivity contribution is -0.143. The third kappa shape index (κ3) is 5.71. The number of carboxylic acid groups (broad SMARTS) is 1. The number of fused-ring (bicyclic) bond motifs is 5. The van der Waals surface area contributed by atoms with Crippen LogP contribution in [0.5, 0.6) is 0 Å². The van der Waals surface area contributed by atoms with E-state index in [9.17, 15) is 24.6 Å². The van der Waals surface area contributed by atoms with Crippen molar-refractivity contribution in [2.45, 2.75) is 111 Å².